The van der Waals surface area contributed by atoms with E-state index in [1.54, 1.807) is 54.6 Å². The van der Waals surface area contributed by atoms with Crippen LogP contribution in [0.2, 0.25) is 0 Å². The molecule has 3 rings (SSSR count). The monoisotopic (exact) mass is 422 g/mol. The highest BCUT2D eigenvalue weighted by Crippen LogP contribution is 2.23. The van der Waals surface area contributed by atoms with Crippen LogP contribution in [0, 0.1) is 13.8 Å². The van der Waals surface area contributed by atoms with Crippen LogP contribution in [0.25, 0.3) is 0 Å². The minimum atomic E-state index is -3.66. The smallest absolute Gasteiger partial charge is 0.264 e. The number of nitrogens with zero attached hydrogens (tertiary/aromatic N) is 1. The zero-order valence-corrected chi connectivity index (χ0v) is 18.4. The van der Waals surface area contributed by atoms with Crippen molar-refractivity contribution in [1.82, 2.24) is 5.32 Å². The van der Waals surface area contributed by atoms with Crippen LogP contribution in [0.5, 0.6) is 0 Å². The van der Waals surface area contributed by atoms with Gasteiger partial charge in [0.05, 0.1) is 16.6 Å². The van der Waals surface area contributed by atoms with Crippen molar-refractivity contribution in [2.24, 2.45) is 0 Å². The molecule has 3 aromatic rings. The third-order valence-corrected chi connectivity index (χ3v) is 6.93. The van der Waals surface area contributed by atoms with Gasteiger partial charge in [-0.05, 0) is 68.3 Å². The number of aryl methyl sites for hydroxylation is 2. The van der Waals surface area contributed by atoms with Gasteiger partial charge in [0.1, 0.15) is 0 Å². The fraction of sp³-hybridized carbons (Fsp3) is 0.208. The fourth-order valence-corrected chi connectivity index (χ4v) is 4.60. The second-order valence-electron chi connectivity index (χ2n) is 7.39. The molecule has 5 nitrogen and oxygen atoms in total. The largest absolute Gasteiger partial charge is 0.346 e. The van der Waals surface area contributed by atoms with E-state index in [-0.39, 0.29) is 16.8 Å². The first-order valence-corrected chi connectivity index (χ1v) is 11.2. The molecule has 0 aliphatic rings. The van der Waals surface area contributed by atoms with Crippen LogP contribution in [0.15, 0.2) is 77.7 Å². The van der Waals surface area contributed by atoms with Gasteiger partial charge in [0.2, 0.25) is 0 Å². The quantitative estimate of drug-likeness (QED) is 0.630. The number of carbonyl (C=O) groups is 1. The Hall–Kier alpha value is -3.12. The number of amides is 1. The predicted molar refractivity (Wildman–Crippen MR) is 120 cm³/mol. The molecule has 0 fully saturated rings. The van der Waals surface area contributed by atoms with Crippen molar-refractivity contribution in [2.45, 2.75) is 31.7 Å². The number of carbonyl (C=O) groups excluding carboxylic acids is 1. The molecule has 0 saturated carbocycles. The van der Waals surface area contributed by atoms with E-state index >= 15 is 0 Å². The highest BCUT2D eigenvalue weighted by molar-refractivity contribution is 7.92. The van der Waals surface area contributed by atoms with Gasteiger partial charge in [-0.2, -0.15) is 0 Å². The number of sulfonamides is 1. The molecule has 6 heteroatoms. The summed E-state index contributed by atoms with van der Waals surface area (Å²) in [6, 6.07) is 20.8. The molecular formula is C24H26N2O3S. The molecule has 0 saturated heterocycles. The van der Waals surface area contributed by atoms with E-state index in [1.807, 2.05) is 32.9 Å². The molecule has 0 aliphatic carbocycles. The zero-order valence-electron chi connectivity index (χ0n) is 17.6. The molecule has 1 atom stereocenters. The first kappa shape index (κ1) is 21.6. The standard InChI is InChI=1S/C24H26N2O3S/c1-17-10-15-23(18(2)16-17)19(3)25-24(27)20-11-13-21(14-12-20)26(4)30(28,29)22-8-6-5-7-9-22/h5-16,19H,1-4H3,(H,25,27)/t19-/m1/s1. The number of rotatable bonds is 6. The summed E-state index contributed by atoms with van der Waals surface area (Å²) in [6.07, 6.45) is 0. The zero-order chi connectivity index (χ0) is 21.9. The van der Waals surface area contributed by atoms with Crippen molar-refractivity contribution in [3.63, 3.8) is 0 Å². The topological polar surface area (TPSA) is 66.5 Å². The van der Waals surface area contributed by atoms with Crippen LogP contribution in [0.3, 0.4) is 0 Å². The molecule has 0 spiro atoms. The molecule has 30 heavy (non-hydrogen) atoms. The van der Waals surface area contributed by atoms with E-state index < -0.39 is 10.0 Å². The van der Waals surface area contributed by atoms with Gasteiger partial charge in [-0.15, -0.1) is 0 Å². The Bertz CT molecular complexity index is 1140. The summed E-state index contributed by atoms with van der Waals surface area (Å²) in [5.41, 5.74) is 4.34. The van der Waals surface area contributed by atoms with Crippen LogP contribution < -0.4 is 9.62 Å². The molecule has 0 bridgehead atoms. The lowest BCUT2D eigenvalue weighted by molar-refractivity contribution is 0.0940. The Labute approximate surface area is 178 Å². The average Bonchev–Trinajstić information content (AvgIpc) is 2.73. The summed E-state index contributed by atoms with van der Waals surface area (Å²) in [4.78, 5) is 12.9. The van der Waals surface area contributed by atoms with E-state index in [0.29, 0.717) is 11.3 Å². The van der Waals surface area contributed by atoms with Gasteiger partial charge < -0.3 is 5.32 Å². The number of anilines is 1. The maximum atomic E-state index is 12.8. The molecular weight excluding hydrogens is 396 g/mol. The first-order valence-electron chi connectivity index (χ1n) is 9.72. The number of hydrogen-bond acceptors (Lipinski definition) is 3. The Morgan fingerprint density at radius 2 is 1.57 bits per heavy atom. The van der Waals surface area contributed by atoms with Gasteiger partial charge in [-0.25, -0.2) is 8.42 Å². The molecule has 0 aliphatic heterocycles. The van der Waals surface area contributed by atoms with Crippen LogP contribution in [-0.4, -0.2) is 21.4 Å². The molecule has 1 amide bonds. The summed E-state index contributed by atoms with van der Waals surface area (Å²) in [5, 5.41) is 3.01. The summed E-state index contributed by atoms with van der Waals surface area (Å²) >= 11 is 0. The maximum absolute atomic E-state index is 12.8. The maximum Gasteiger partial charge on any atom is 0.264 e. The summed E-state index contributed by atoms with van der Waals surface area (Å²) in [6.45, 7) is 6.02. The van der Waals surface area contributed by atoms with Gasteiger partial charge in [-0.1, -0.05) is 42.0 Å². The third kappa shape index (κ3) is 4.54. The van der Waals surface area contributed by atoms with Crippen LogP contribution in [-0.2, 0) is 10.0 Å². The van der Waals surface area contributed by atoms with E-state index in [1.165, 1.54) is 16.9 Å². The van der Waals surface area contributed by atoms with Gasteiger partial charge in [-0.3, -0.25) is 9.10 Å². The molecule has 1 N–H and O–H groups in total. The second kappa shape index (κ2) is 8.71. The van der Waals surface area contributed by atoms with Crippen molar-refractivity contribution >= 4 is 21.6 Å². The molecule has 0 heterocycles. The lowest BCUT2D eigenvalue weighted by atomic mass is 10.00. The van der Waals surface area contributed by atoms with Crippen molar-refractivity contribution in [3.8, 4) is 0 Å². The molecule has 0 unspecified atom stereocenters. The van der Waals surface area contributed by atoms with Crippen molar-refractivity contribution < 1.29 is 13.2 Å². The summed E-state index contributed by atoms with van der Waals surface area (Å²) < 4.78 is 26.7. The van der Waals surface area contributed by atoms with Gasteiger partial charge in [0.25, 0.3) is 15.9 Å². The lowest BCUT2D eigenvalue weighted by Crippen LogP contribution is -2.28. The van der Waals surface area contributed by atoms with Crippen LogP contribution in [0.4, 0.5) is 5.69 Å². The third-order valence-electron chi connectivity index (χ3n) is 5.13. The summed E-state index contributed by atoms with van der Waals surface area (Å²) in [7, 11) is -2.16. The Morgan fingerprint density at radius 1 is 0.933 bits per heavy atom. The lowest BCUT2D eigenvalue weighted by Gasteiger charge is -2.20. The number of hydrogen-bond donors (Lipinski definition) is 1. The fourth-order valence-electron chi connectivity index (χ4n) is 3.38. The molecule has 3 aromatic carbocycles. The van der Waals surface area contributed by atoms with E-state index in [4.69, 9.17) is 0 Å². The Morgan fingerprint density at radius 3 is 2.17 bits per heavy atom. The minimum absolute atomic E-state index is 0.140. The predicted octanol–water partition coefficient (Wildman–Crippen LogP) is 4.62. The highest BCUT2D eigenvalue weighted by Gasteiger charge is 2.21. The van der Waals surface area contributed by atoms with Crippen molar-refractivity contribution in [3.05, 3.63) is 95.1 Å². The van der Waals surface area contributed by atoms with E-state index in [0.717, 1.165) is 11.1 Å². The number of nitrogens with one attached hydrogen (secondary N) is 1. The molecule has 0 aromatic heterocycles. The Kier molecular flexibility index (Phi) is 6.27. The SMILES string of the molecule is Cc1ccc([C@@H](C)NC(=O)c2ccc(N(C)S(=O)(=O)c3ccccc3)cc2)c(C)c1. The molecule has 156 valence electrons. The van der Waals surface area contributed by atoms with Gasteiger partial charge >= 0.3 is 0 Å². The van der Waals surface area contributed by atoms with Crippen LogP contribution in [0.1, 0.15) is 40.0 Å². The van der Waals surface area contributed by atoms with Crippen molar-refractivity contribution in [2.75, 3.05) is 11.4 Å². The number of benzene rings is 3. The second-order valence-corrected chi connectivity index (χ2v) is 9.36. The van der Waals surface area contributed by atoms with Gasteiger partial charge in [0.15, 0.2) is 0 Å². The highest BCUT2D eigenvalue weighted by atomic mass is 32.2. The van der Waals surface area contributed by atoms with Crippen molar-refractivity contribution in [1.29, 1.82) is 0 Å². The first-order chi connectivity index (χ1) is 14.2. The van der Waals surface area contributed by atoms with Gasteiger partial charge in [0, 0.05) is 12.6 Å². The van der Waals surface area contributed by atoms with E-state index in [2.05, 4.69) is 11.4 Å². The van der Waals surface area contributed by atoms with Crippen LogP contribution >= 0.6 is 0 Å². The average molecular weight is 423 g/mol. The van der Waals surface area contributed by atoms with E-state index in [9.17, 15) is 13.2 Å². The summed E-state index contributed by atoms with van der Waals surface area (Å²) in [5.74, 6) is -0.206. The molecule has 0 radical (unpaired) electrons. The Balaban J connectivity index is 1.74. The normalized spacial score (nSPS) is 12.3. The minimum Gasteiger partial charge on any atom is -0.346 e.